The van der Waals surface area contributed by atoms with E-state index < -0.39 is 0 Å². The summed E-state index contributed by atoms with van der Waals surface area (Å²) >= 11 is 0. The van der Waals surface area contributed by atoms with Crippen LogP contribution in [0.25, 0.3) is 11.3 Å². The predicted octanol–water partition coefficient (Wildman–Crippen LogP) is 3.48. The molecule has 2 aromatic carbocycles. The molecule has 1 aromatic heterocycles. The van der Waals surface area contributed by atoms with Crippen LogP contribution in [0.4, 0.5) is 10.2 Å². The Morgan fingerprint density at radius 2 is 1.66 bits per heavy atom. The molecule has 148 valence electrons. The minimum Gasteiger partial charge on any atom is -0.352 e. The van der Waals surface area contributed by atoms with E-state index in [9.17, 15) is 9.18 Å². The van der Waals surface area contributed by atoms with Crippen molar-refractivity contribution in [3.8, 4) is 11.3 Å². The summed E-state index contributed by atoms with van der Waals surface area (Å²) in [6.07, 6.45) is 0.0950. The topological polar surface area (TPSA) is 49.3 Å². The van der Waals surface area contributed by atoms with Crippen molar-refractivity contribution in [3.63, 3.8) is 0 Å². The van der Waals surface area contributed by atoms with Crippen LogP contribution < -0.4 is 4.90 Å². The highest BCUT2D eigenvalue weighted by molar-refractivity contribution is 5.79. The number of anilines is 1. The first-order valence-corrected chi connectivity index (χ1v) is 9.77. The molecule has 1 aliphatic heterocycles. The highest BCUT2D eigenvalue weighted by Gasteiger charge is 2.23. The van der Waals surface area contributed by atoms with Crippen molar-refractivity contribution in [2.24, 2.45) is 0 Å². The minimum atomic E-state index is -0.330. The average Bonchev–Trinajstić information content (AvgIpc) is 2.76. The molecule has 1 fully saturated rings. The molecule has 3 aromatic rings. The summed E-state index contributed by atoms with van der Waals surface area (Å²) in [6.45, 7) is 4.60. The van der Waals surface area contributed by atoms with Gasteiger partial charge in [0.15, 0.2) is 5.82 Å². The molecule has 1 aliphatic rings. The smallest absolute Gasteiger partial charge is 0.227 e. The zero-order chi connectivity index (χ0) is 20.2. The molecular weight excluding hydrogens is 367 g/mol. The molecule has 0 bridgehead atoms. The number of amides is 1. The zero-order valence-corrected chi connectivity index (χ0v) is 16.4. The fourth-order valence-electron chi connectivity index (χ4n) is 3.47. The molecule has 0 N–H and O–H groups in total. The van der Waals surface area contributed by atoms with Crippen molar-refractivity contribution in [1.82, 2.24) is 15.1 Å². The fourth-order valence-corrected chi connectivity index (χ4v) is 3.47. The number of carbonyl (C=O) groups excluding carboxylic acids is 1. The van der Waals surface area contributed by atoms with Crippen molar-refractivity contribution in [2.75, 3.05) is 31.1 Å². The van der Waals surface area contributed by atoms with Gasteiger partial charge in [0.1, 0.15) is 5.82 Å². The Bertz CT molecular complexity index is 981. The van der Waals surface area contributed by atoms with E-state index in [0.29, 0.717) is 31.7 Å². The number of aromatic nitrogens is 2. The van der Waals surface area contributed by atoms with Crippen LogP contribution in [-0.4, -0.2) is 47.2 Å². The standard InChI is InChI=1S/C23H23FN4O/c1-17-6-8-18(9-7-17)21-10-11-22(26-25-21)27-12-14-28(15-13-27)23(29)16-19-4-2-3-5-20(19)24/h2-11H,12-16H2,1H3. The predicted molar refractivity (Wildman–Crippen MR) is 111 cm³/mol. The zero-order valence-electron chi connectivity index (χ0n) is 16.4. The van der Waals surface area contributed by atoms with Gasteiger partial charge in [-0.05, 0) is 30.7 Å². The second-order valence-electron chi connectivity index (χ2n) is 7.28. The summed E-state index contributed by atoms with van der Waals surface area (Å²) in [7, 11) is 0. The van der Waals surface area contributed by atoms with Crippen LogP contribution >= 0.6 is 0 Å². The summed E-state index contributed by atoms with van der Waals surface area (Å²) in [6, 6.07) is 18.6. The van der Waals surface area contributed by atoms with Gasteiger partial charge in [-0.15, -0.1) is 10.2 Å². The summed E-state index contributed by atoms with van der Waals surface area (Å²) in [4.78, 5) is 16.4. The largest absolute Gasteiger partial charge is 0.352 e. The molecule has 2 heterocycles. The molecule has 0 saturated carbocycles. The van der Waals surface area contributed by atoms with Crippen molar-refractivity contribution in [3.05, 3.63) is 77.6 Å². The molecule has 29 heavy (non-hydrogen) atoms. The van der Waals surface area contributed by atoms with Gasteiger partial charge in [-0.25, -0.2) is 4.39 Å². The van der Waals surface area contributed by atoms with Gasteiger partial charge in [-0.2, -0.15) is 0 Å². The molecule has 1 saturated heterocycles. The Morgan fingerprint density at radius 3 is 2.31 bits per heavy atom. The minimum absolute atomic E-state index is 0.0458. The normalized spacial score (nSPS) is 14.1. The van der Waals surface area contributed by atoms with E-state index in [4.69, 9.17) is 0 Å². The van der Waals surface area contributed by atoms with E-state index >= 15 is 0 Å². The van der Waals surface area contributed by atoms with Crippen molar-refractivity contribution in [1.29, 1.82) is 0 Å². The molecule has 0 unspecified atom stereocenters. The van der Waals surface area contributed by atoms with Gasteiger partial charge in [0, 0.05) is 31.7 Å². The average molecular weight is 390 g/mol. The third kappa shape index (κ3) is 4.42. The number of hydrogen-bond donors (Lipinski definition) is 0. The molecular formula is C23H23FN4O. The lowest BCUT2D eigenvalue weighted by atomic mass is 10.1. The number of halogens is 1. The van der Waals surface area contributed by atoms with Crippen molar-refractivity contribution in [2.45, 2.75) is 13.3 Å². The van der Waals surface area contributed by atoms with Crippen molar-refractivity contribution < 1.29 is 9.18 Å². The molecule has 6 heteroatoms. The van der Waals surface area contributed by atoms with E-state index in [1.807, 2.05) is 24.3 Å². The summed E-state index contributed by atoms with van der Waals surface area (Å²) in [5.41, 5.74) is 3.53. The second kappa shape index (κ2) is 8.39. The van der Waals surface area contributed by atoms with Gasteiger partial charge in [0.2, 0.25) is 5.91 Å². The fraction of sp³-hybridized carbons (Fsp3) is 0.261. The maximum absolute atomic E-state index is 13.8. The number of aryl methyl sites for hydroxylation is 1. The lowest BCUT2D eigenvalue weighted by Gasteiger charge is -2.35. The number of nitrogens with zero attached hydrogens (tertiary/aromatic N) is 4. The first-order valence-electron chi connectivity index (χ1n) is 9.77. The van der Waals surface area contributed by atoms with Crippen molar-refractivity contribution >= 4 is 11.7 Å². The van der Waals surface area contributed by atoms with Gasteiger partial charge < -0.3 is 9.80 Å². The van der Waals surface area contributed by atoms with E-state index in [-0.39, 0.29) is 18.1 Å². The second-order valence-corrected chi connectivity index (χ2v) is 7.28. The number of benzene rings is 2. The van der Waals surface area contributed by atoms with Gasteiger partial charge >= 0.3 is 0 Å². The molecule has 0 radical (unpaired) electrons. The summed E-state index contributed by atoms with van der Waals surface area (Å²) in [5.74, 6) is 0.432. The quantitative estimate of drug-likeness (QED) is 0.684. The molecule has 0 aliphatic carbocycles. The molecule has 0 spiro atoms. The first kappa shape index (κ1) is 19.1. The van der Waals surface area contributed by atoms with Gasteiger partial charge in [-0.3, -0.25) is 4.79 Å². The Hall–Kier alpha value is -3.28. The Labute approximate surface area is 169 Å². The Balaban J connectivity index is 1.35. The maximum atomic E-state index is 13.8. The lowest BCUT2D eigenvalue weighted by molar-refractivity contribution is -0.130. The van der Waals surface area contributed by atoms with Gasteiger partial charge in [0.25, 0.3) is 0 Å². The molecule has 1 amide bonds. The number of hydrogen-bond acceptors (Lipinski definition) is 4. The highest BCUT2D eigenvalue weighted by atomic mass is 19.1. The number of rotatable bonds is 4. The van der Waals surface area contributed by atoms with Crippen LogP contribution in [0.5, 0.6) is 0 Å². The van der Waals surface area contributed by atoms with E-state index in [0.717, 1.165) is 17.1 Å². The Morgan fingerprint density at radius 1 is 0.931 bits per heavy atom. The van der Waals surface area contributed by atoms with Crippen LogP contribution in [0, 0.1) is 12.7 Å². The summed E-state index contributed by atoms with van der Waals surface area (Å²) in [5, 5.41) is 8.73. The highest BCUT2D eigenvalue weighted by Crippen LogP contribution is 2.20. The third-order valence-electron chi connectivity index (χ3n) is 5.25. The monoisotopic (exact) mass is 390 g/mol. The van der Waals surface area contributed by atoms with Crippen LogP contribution in [-0.2, 0) is 11.2 Å². The van der Waals surface area contributed by atoms with Crippen LogP contribution in [0.15, 0.2) is 60.7 Å². The molecule has 0 atom stereocenters. The maximum Gasteiger partial charge on any atom is 0.227 e. The van der Waals surface area contributed by atoms with E-state index in [2.05, 4.69) is 34.2 Å². The molecule has 4 rings (SSSR count). The van der Waals surface area contributed by atoms with Gasteiger partial charge in [-0.1, -0.05) is 48.0 Å². The van der Waals surface area contributed by atoms with Crippen LogP contribution in [0.1, 0.15) is 11.1 Å². The number of carbonyl (C=O) groups is 1. The van der Waals surface area contributed by atoms with Gasteiger partial charge in [0.05, 0.1) is 12.1 Å². The summed E-state index contributed by atoms with van der Waals surface area (Å²) < 4.78 is 13.8. The van der Waals surface area contributed by atoms with E-state index in [1.54, 1.807) is 23.1 Å². The Kier molecular flexibility index (Phi) is 5.51. The van der Waals surface area contributed by atoms with E-state index in [1.165, 1.54) is 11.6 Å². The lowest BCUT2D eigenvalue weighted by Crippen LogP contribution is -2.49. The molecule has 5 nitrogen and oxygen atoms in total. The van der Waals surface area contributed by atoms with Crippen LogP contribution in [0.3, 0.4) is 0 Å². The SMILES string of the molecule is Cc1ccc(-c2ccc(N3CCN(C(=O)Cc4ccccc4F)CC3)nn2)cc1. The first-order chi connectivity index (χ1) is 14.1. The number of piperazine rings is 1. The third-order valence-corrected chi connectivity index (χ3v) is 5.25. The van der Waals surface area contributed by atoms with Crippen LogP contribution in [0.2, 0.25) is 0 Å².